The Morgan fingerprint density at radius 3 is 1.93 bits per heavy atom. The van der Waals surface area contributed by atoms with Crippen molar-refractivity contribution in [1.29, 1.82) is 0 Å². The second kappa shape index (κ2) is 4.32. The molecule has 4 heteroatoms. The summed E-state index contributed by atoms with van der Waals surface area (Å²) in [5.41, 5.74) is -1.96. The lowest BCUT2D eigenvalue weighted by molar-refractivity contribution is -0.299. The van der Waals surface area contributed by atoms with E-state index in [1.807, 2.05) is 0 Å². The van der Waals surface area contributed by atoms with Crippen molar-refractivity contribution in [3.8, 4) is 0 Å². The Bertz CT molecular complexity index is 206. The largest absolute Gasteiger partial charge is 0.417 e. The number of halogens is 3. The highest BCUT2D eigenvalue weighted by molar-refractivity contribution is 4.93. The third-order valence-electron chi connectivity index (χ3n) is 3.18. The maximum Gasteiger partial charge on any atom is 0.417 e. The van der Waals surface area contributed by atoms with E-state index in [1.54, 1.807) is 13.8 Å². The Morgan fingerprint density at radius 2 is 1.60 bits per heavy atom. The molecule has 1 atom stereocenters. The third-order valence-corrected chi connectivity index (χ3v) is 3.18. The first kappa shape index (κ1) is 12.8. The van der Waals surface area contributed by atoms with E-state index in [0.29, 0.717) is 12.8 Å². The molecule has 15 heavy (non-hydrogen) atoms. The van der Waals surface area contributed by atoms with Gasteiger partial charge in [-0.15, -0.1) is 0 Å². The van der Waals surface area contributed by atoms with Gasteiger partial charge in [0.1, 0.15) is 0 Å². The molecule has 0 aromatic rings. The smallest absolute Gasteiger partial charge is 0.363 e. The quantitative estimate of drug-likeness (QED) is 0.706. The van der Waals surface area contributed by atoms with Gasteiger partial charge in [-0.3, -0.25) is 0 Å². The molecule has 0 radical (unpaired) electrons. The van der Waals surface area contributed by atoms with Crippen LogP contribution in [0.25, 0.3) is 0 Å². The summed E-state index contributed by atoms with van der Waals surface area (Å²) in [6, 6.07) is 0. The van der Waals surface area contributed by atoms with Gasteiger partial charge in [-0.25, -0.2) is 0 Å². The first-order valence-electron chi connectivity index (χ1n) is 5.52. The average molecular weight is 224 g/mol. The van der Waals surface area contributed by atoms with Crippen molar-refractivity contribution in [2.45, 2.75) is 64.3 Å². The zero-order valence-corrected chi connectivity index (χ0v) is 9.53. The Kier molecular flexibility index (Phi) is 3.69. The highest BCUT2D eigenvalue weighted by Crippen LogP contribution is 2.46. The lowest BCUT2D eigenvalue weighted by Crippen LogP contribution is -2.51. The zero-order chi connectivity index (χ0) is 11.7. The first-order valence-corrected chi connectivity index (χ1v) is 5.52. The molecule has 0 saturated heterocycles. The molecular formula is C11H19F3O. The minimum atomic E-state index is -4.27. The molecule has 0 amide bonds. The summed E-state index contributed by atoms with van der Waals surface area (Å²) in [7, 11) is 0. The molecular weight excluding hydrogens is 205 g/mol. The van der Waals surface area contributed by atoms with Gasteiger partial charge in [0, 0.05) is 0 Å². The normalized spacial score (nSPS) is 23.4. The third kappa shape index (κ3) is 2.65. The van der Waals surface area contributed by atoms with E-state index in [9.17, 15) is 13.2 Å². The minimum absolute atomic E-state index is 0.375. The average Bonchev–Trinajstić information content (AvgIpc) is 2.51. The van der Waals surface area contributed by atoms with Crippen molar-refractivity contribution < 1.29 is 17.9 Å². The summed E-state index contributed by atoms with van der Waals surface area (Å²) in [6.07, 6.45) is -1.63. The van der Waals surface area contributed by atoms with Crippen LogP contribution in [-0.2, 0) is 4.74 Å². The van der Waals surface area contributed by atoms with Crippen LogP contribution < -0.4 is 0 Å². The van der Waals surface area contributed by atoms with E-state index in [2.05, 4.69) is 0 Å². The summed E-state index contributed by atoms with van der Waals surface area (Å²) in [4.78, 5) is 0. The molecule has 0 bridgehead atoms. The van der Waals surface area contributed by atoms with Crippen molar-refractivity contribution in [1.82, 2.24) is 0 Å². The van der Waals surface area contributed by atoms with Gasteiger partial charge in [0.2, 0.25) is 0 Å². The molecule has 0 heterocycles. The fraction of sp³-hybridized carbons (Fsp3) is 1.00. The molecule has 90 valence electrons. The van der Waals surface area contributed by atoms with Gasteiger partial charge in [0.25, 0.3) is 0 Å². The molecule has 1 aliphatic rings. The van der Waals surface area contributed by atoms with Crippen molar-refractivity contribution >= 4 is 0 Å². The molecule has 0 N–H and O–H groups in total. The Morgan fingerprint density at radius 1 is 1.13 bits per heavy atom. The van der Waals surface area contributed by atoms with E-state index in [4.69, 9.17) is 4.74 Å². The van der Waals surface area contributed by atoms with Crippen molar-refractivity contribution in [2.24, 2.45) is 5.92 Å². The summed E-state index contributed by atoms with van der Waals surface area (Å²) in [6.45, 7) is 4.50. The predicted molar refractivity (Wildman–Crippen MR) is 52.6 cm³/mol. The molecule has 1 saturated carbocycles. The van der Waals surface area contributed by atoms with Gasteiger partial charge in [0.15, 0.2) is 5.60 Å². The highest BCUT2D eigenvalue weighted by Gasteiger charge is 2.57. The summed E-state index contributed by atoms with van der Waals surface area (Å²) >= 11 is 0. The van der Waals surface area contributed by atoms with Gasteiger partial charge in [-0.2, -0.15) is 13.2 Å². The van der Waals surface area contributed by atoms with Crippen LogP contribution in [0.15, 0.2) is 0 Å². The molecule has 0 aliphatic heterocycles. The van der Waals surface area contributed by atoms with E-state index >= 15 is 0 Å². The molecule has 1 nitrogen and oxygen atoms in total. The van der Waals surface area contributed by atoms with Crippen LogP contribution in [0.2, 0.25) is 0 Å². The Balaban J connectivity index is 2.84. The van der Waals surface area contributed by atoms with Crippen LogP contribution in [0.4, 0.5) is 13.2 Å². The van der Waals surface area contributed by atoms with Crippen LogP contribution in [0.1, 0.15) is 46.5 Å². The SMILES string of the molecule is CC(C)OC(C)(C1CCCC1)C(F)(F)F. The topological polar surface area (TPSA) is 9.23 Å². The predicted octanol–water partition coefficient (Wildman–Crippen LogP) is 3.92. The van der Waals surface area contributed by atoms with Crippen molar-refractivity contribution in [3.05, 3.63) is 0 Å². The Labute approximate surface area is 89.0 Å². The van der Waals surface area contributed by atoms with E-state index in [1.165, 1.54) is 6.92 Å². The maximum atomic E-state index is 13.0. The molecule has 1 fully saturated rings. The fourth-order valence-corrected chi connectivity index (χ4v) is 2.36. The molecule has 0 spiro atoms. The molecule has 1 rings (SSSR count). The van der Waals surface area contributed by atoms with Crippen molar-refractivity contribution in [3.63, 3.8) is 0 Å². The maximum absolute atomic E-state index is 13.0. The minimum Gasteiger partial charge on any atom is -0.363 e. The highest BCUT2D eigenvalue weighted by atomic mass is 19.4. The van der Waals surface area contributed by atoms with Gasteiger partial charge in [-0.05, 0) is 39.5 Å². The summed E-state index contributed by atoms with van der Waals surface area (Å²) in [5, 5.41) is 0. The summed E-state index contributed by atoms with van der Waals surface area (Å²) in [5.74, 6) is -0.375. The van der Waals surface area contributed by atoms with Crippen LogP contribution in [0, 0.1) is 5.92 Å². The Hall–Kier alpha value is -0.250. The van der Waals surface area contributed by atoms with Crippen LogP contribution in [0.3, 0.4) is 0 Å². The van der Waals surface area contributed by atoms with Gasteiger partial charge in [-0.1, -0.05) is 12.8 Å². The number of hydrogen-bond acceptors (Lipinski definition) is 1. The van der Waals surface area contributed by atoms with E-state index in [-0.39, 0.29) is 5.92 Å². The number of rotatable bonds is 3. The molecule has 1 aliphatic carbocycles. The second-order valence-corrected chi connectivity index (χ2v) is 4.75. The van der Waals surface area contributed by atoms with Crippen LogP contribution in [0.5, 0.6) is 0 Å². The van der Waals surface area contributed by atoms with Crippen molar-refractivity contribution in [2.75, 3.05) is 0 Å². The van der Waals surface area contributed by atoms with Crippen LogP contribution >= 0.6 is 0 Å². The summed E-state index contributed by atoms with van der Waals surface area (Å²) < 4.78 is 44.1. The van der Waals surface area contributed by atoms with Gasteiger partial charge < -0.3 is 4.74 Å². The van der Waals surface area contributed by atoms with E-state index < -0.39 is 17.9 Å². The number of ether oxygens (including phenoxy) is 1. The van der Waals surface area contributed by atoms with Crippen LogP contribution in [-0.4, -0.2) is 17.9 Å². The lowest BCUT2D eigenvalue weighted by atomic mass is 9.86. The second-order valence-electron chi connectivity index (χ2n) is 4.75. The van der Waals surface area contributed by atoms with E-state index in [0.717, 1.165) is 12.8 Å². The molecule has 1 unspecified atom stereocenters. The standard InChI is InChI=1S/C11H19F3O/c1-8(2)15-10(3,11(12,13)14)9-6-4-5-7-9/h8-9H,4-7H2,1-3H3. The zero-order valence-electron chi connectivity index (χ0n) is 9.53. The molecule has 0 aromatic heterocycles. The van der Waals surface area contributed by atoms with Gasteiger partial charge >= 0.3 is 6.18 Å². The number of hydrogen-bond donors (Lipinski definition) is 0. The lowest BCUT2D eigenvalue weighted by Gasteiger charge is -2.38. The number of alkyl halides is 3. The monoisotopic (exact) mass is 224 g/mol. The van der Waals surface area contributed by atoms with Gasteiger partial charge in [0.05, 0.1) is 6.10 Å². The fourth-order valence-electron chi connectivity index (χ4n) is 2.36. The molecule has 0 aromatic carbocycles. The first-order chi connectivity index (χ1) is 6.77.